The van der Waals surface area contributed by atoms with E-state index in [1.807, 2.05) is 35.0 Å². The zero-order valence-corrected chi connectivity index (χ0v) is 20.4. The van der Waals surface area contributed by atoms with Gasteiger partial charge >= 0.3 is 0 Å². The number of rotatable bonds is 10. The Kier molecular flexibility index (Phi) is 8.21. The van der Waals surface area contributed by atoms with E-state index >= 15 is 0 Å². The maximum Gasteiger partial charge on any atom is 0.272 e. The third-order valence-corrected chi connectivity index (χ3v) is 6.29. The Bertz CT molecular complexity index is 1200. The van der Waals surface area contributed by atoms with Crippen molar-refractivity contribution in [2.45, 2.75) is 38.8 Å². The lowest BCUT2D eigenvalue weighted by Gasteiger charge is -2.16. The highest BCUT2D eigenvalue weighted by molar-refractivity contribution is 7.80. The molecule has 0 spiro atoms. The molecule has 0 radical (unpaired) electrons. The van der Waals surface area contributed by atoms with Crippen molar-refractivity contribution in [1.82, 2.24) is 15.1 Å². The zero-order valence-electron chi connectivity index (χ0n) is 19.5. The van der Waals surface area contributed by atoms with Gasteiger partial charge in [-0.25, -0.2) is 0 Å². The summed E-state index contributed by atoms with van der Waals surface area (Å²) in [6, 6.07) is 30.9. The summed E-state index contributed by atoms with van der Waals surface area (Å²) in [6.45, 7) is 2.77. The van der Waals surface area contributed by atoms with Crippen molar-refractivity contribution in [3.05, 3.63) is 114 Å². The van der Waals surface area contributed by atoms with E-state index < -0.39 is 0 Å². The zero-order chi connectivity index (χ0) is 23.8. The maximum absolute atomic E-state index is 13.0. The molecule has 0 saturated heterocycles. The lowest BCUT2D eigenvalue weighted by atomic mass is 10.0. The summed E-state index contributed by atoms with van der Waals surface area (Å²) >= 11 is 4.46. The fourth-order valence-electron chi connectivity index (χ4n) is 4.13. The van der Waals surface area contributed by atoms with Gasteiger partial charge in [0, 0.05) is 17.5 Å². The van der Waals surface area contributed by atoms with Crippen LogP contribution in [0.3, 0.4) is 0 Å². The molecule has 0 saturated carbocycles. The number of amides is 1. The number of aryl methyl sites for hydroxylation is 1. The van der Waals surface area contributed by atoms with Crippen LogP contribution in [0.2, 0.25) is 0 Å². The molecule has 0 aliphatic rings. The predicted octanol–water partition coefficient (Wildman–Crippen LogP) is 5.82. The molecule has 4 aromatic rings. The van der Waals surface area contributed by atoms with E-state index in [-0.39, 0.29) is 11.9 Å². The molecule has 4 rings (SSSR count). The van der Waals surface area contributed by atoms with Crippen molar-refractivity contribution in [3.63, 3.8) is 0 Å². The Morgan fingerprint density at radius 3 is 2.29 bits per heavy atom. The molecule has 0 aliphatic heterocycles. The second-order valence-electron chi connectivity index (χ2n) is 8.54. The Balaban J connectivity index is 1.51. The van der Waals surface area contributed by atoms with Crippen LogP contribution in [-0.2, 0) is 19.4 Å². The van der Waals surface area contributed by atoms with Gasteiger partial charge in [-0.1, -0.05) is 92.2 Å². The standard InChI is InChI=1S/C29H31N3OS/c1-2-10-27-19-28(29(33)30-26(21-34)18-22-11-5-3-6-12-22)31-32(27)20-23-13-9-16-25(17-23)24-14-7-4-8-15-24/h3-9,11-17,19,26,34H,2,10,18,20-21H2,1H3,(H,30,33)/t26-/m1/s1. The molecule has 4 nitrogen and oxygen atoms in total. The number of carbonyl (C=O) groups is 1. The molecule has 3 aromatic carbocycles. The Labute approximate surface area is 207 Å². The SMILES string of the molecule is CCCc1cc(C(=O)N[C@@H](CS)Cc2ccccc2)nn1Cc1cccc(-c2ccccc2)c1. The van der Waals surface area contributed by atoms with E-state index in [4.69, 9.17) is 5.10 Å². The first-order valence-corrected chi connectivity index (χ1v) is 12.5. The molecule has 1 atom stereocenters. The van der Waals surface area contributed by atoms with Gasteiger partial charge in [-0.2, -0.15) is 17.7 Å². The van der Waals surface area contributed by atoms with Gasteiger partial charge < -0.3 is 5.32 Å². The summed E-state index contributed by atoms with van der Waals surface area (Å²) in [4.78, 5) is 13.0. The van der Waals surface area contributed by atoms with Gasteiger partial charge in [0.2, 0.25) is 0 Å². The van der Waals surface area contributed by atoms with Gasteiger partial charge in [0.1, 0.15) is 5.69 Å². The fraction of sp³-hybridized carbons (Fsp3) is 0.241. The largest absolute Gasteiger partial charge is 0.347 e. The van der Waals surface area contributed by atoms with Crippen LogP contribution in [0, 0.1) is 0 Å². The highest BCUT2D eigenvalue weighted by Crippen LogP contribution is 2.21. The van der Waals surface area contributed by atoms with Crippen molar-refractivity contribution in [2.24, 2.45) is 0 Å². The minimum atomic E-state index is -0.149. The average Bonchev–Trinajstić information content (AvgIpc) is 3.27. The molecule has 0 aliphatic carbocycles. The maximum atomic E-state index is 13.0. The van der Waals surface area contributed by atoms with Crippen molar-refractivity contribution in [3.8, 4) is 11.1 Å². The summed E-state index contributed by atoms with van der Waals surface area (Å²) in [5, 5.41) is 7.82. The van der Waals surface area contributed by atoms with E-state index in [1.54, 1.807) is 0 Å². The van der Waals surface area contributed by atoms with Crippen molar-refractivity contribution < 1.29 is 4.79 Å². The molecule has 1 N–H and O–H groups in total. The number of nitrogens with zero attached hydrogens (tertiary/aromatic N) is 2. The first-order valence-electron chi connectivity index (χ1n) is 11.8. The molecule has 1 amide bonds. The molecule has 0 bridgehead atoms. The Hall–Kier alpha value is -3.31. The van der Waals surface area contributed by atoms with Crippen LogP contribution in [0.4, 0.5) is 0 Å². The van der Waals surface area contributed by atoms with Crippen molar-refractivity contribution in [2.75, 3.05) is 5.75 Å². The normalized spacial score (nSPS) is 11.8. The number of benzene rings is 3. The first kappa shape index (κ1) is 23.8. The Morgan fingerprint density at radius 2 is 1.59 bits per heavy atom. The third kappa shape index (κ3) is 6.17. The van der Waals surface area contributed by atoms with Crippen LogP contribution in [0.25, 0.3) is 11.1 Å². The first-order chi connectivity index (χ1) is 16.7. The number of carbonyl (C=O) groups excluding carboxylic acids is 1. The third-order valence-electron chi connectivity index (χ3n) is 5.85. The highest BCUT2D eigenvalue weighted by Gasteiger charge is 2.18. The summed E-state index contributed by atoms with van der Waals surface area (Å²) in [6.07, 6.45) is 2.60. The van der Waals surface area contributed by atoms with E-state index in [0.29, 0.717) is 18.0 Å². The molecule has 0 unspecified atom stereocenters. The molecule has 34 heavy (non-hydrogen) atoms. The summed E-state index contributed by atoms with van der Waals surface area (Å²) in [5.74, 6) is 0.416. The quantitative estimate of drug-likeness (QED) is 0.287. The van der Waals surface area contributed by atoms with E-state index in [0.717, 1.165) is 30.5 Å². The topological polar surface area (TPSA) is 46.9 Å². The number of aromatic nitrogens is 2. The van der Waals surface area contributed by atoms with Crippen LogP contribution >= 0.6 is 12.6 Å². The van der Waals surface area contributed by atoms with E-state index in [1.165, 1.54) is 16.7 Å². The minimum absolute atomic E-state index is 0.0550. The second-order valence-corrected chi connectivity index (χ2v) is 8.90. The van der Waals surface area contributed by atoms with Gasteiger partial charge in [0.15, 0.2) is 0 Å². The van der Waals surface area contributed by atoms with Crippen molar-refractivity contribution in [1.29, 1.82) is 0 Å². The van der Waals surface area contributed by atoms with E-state index in [2.05, 4.69) is 85.5 Å². The van der Waals surface area contributed by atoms with Crippen molar-refractivity contribution >= 4 is 18.5 Å². The van der Waals surface area contributed by atoms with Gasteiger partial charge in [0.25, 0.3) is 5.91 Å². The van der Waals surface area contributed by atoms with Crippen LogP contribution < -0.4 is 5.32 Å². The molecular formula is C29H31N3OS. The summed E-state index contributed by atoms with van der Waals surface area (Å²) in [5.41, 5.74) is 6.24. The van der Waals surface area contributed by atoms with Crippen LogP contribution in [0.5, 0.6) is 0 Å². The number of thiol groups is 1. The average molecular weight is 470 g/mol. The smallest absolute Gasteiger partial charge is 0.272 e. The monoisotopic (exact) mass is 469 g/mol. The number of hydrogen-bond acceptors (Lipinski definition) is 3. The second kappa shape index (κ2) is 11.7. The highest BCUT2D eigenvalue weighted by atomic mass is 32.1. The summed E-state index contributed by atoms with van der Waals surface area (Å²) in [7, 11) is 0. The predicted molar refractivity (Wildman–Crippen MR) is 142 cm³/mol. The lowest BCUT2D eigenvalue weighted by molar-refractivity contribution is 0.0935. The number of nitrogens with one attached hydrogen (secondary N) is 1. The molecule has 0 fully saturated rings. The number of hydrogen-bond donors (Lipinski definition) is 2. The summed E-state index contributed by atoms with van der Waals surface area (Å²) < 4.78 is 1.97. The van der Waals surface area contributed by atoms with E-state index in [9.17, 15) is 4.79 Å². The van der Waals surface area contributed by atoms with Gasteiger partial charge in [-0.15, -0.1) is 0 Å². The van der Waals surface area contributed by atoms with Crippen LogP contribution in [0.15, 0.2) is 91.0 Å². The fourth-order valence-corrected chi connectivity index (χ4v) is 4.35. The molecule has 174 valence electrons. The van der Waals surface area contributed by atoms with Gasteiger partial charge in [-0.3, -0.25) is 9.48 Å². The Morgan fingerprint density at radius 1 is 0.912 bits per heavy atom. The molecular weight excluding hydrogens is 438 g/mol. The van der Waals surface area contributed by atoms with Gasteiger partial charge in [0.05, 0.1) is 6.54 Å². The van der Waals surface area contributed by atoms with Gasteiger partial charge in [-0.05, 0) is 47.2 Å². The molecule has 1 aromatic heterocycles. The molecule has 5 heteroatoms. The lowest BCUT2D eigenvalue weighted by Crippen LogP contribution is -2.38. The minimum Gasteiger partial charge on any atom is -0.347 e. The van der Waals surface area contributed by atoms with Crippen LogP contribution in [-0.4, -0.2) is 27.5 Å². The molecule has 1 heterocycles. The van der Waals surface area contributed by atoms with Crippen LogP contribution in [0.1, 0.15) is 40.7 Å².